The molecule has 0 radical (unpaired) electrons. The molecule has 33 heavy (non-hydrogen) atoms. The van der Waals surface area contributed by atoms with Crippen molar-refractivity contribution in [2.24, 2.45) is 0 Å². The number of hydrogen-bond donors (Lipinski definition) is 1. The van der Waals surface area contributed by atoms with E-state index in [1.165, 1.54) is 22.7 Å². The lowest BCUT2D eigenvalue weighted by atomic mass is 10.1. The molecule has 0 aliphatic heterocycles. The van der Waals surface area contributed by atoms with Crippen molar-refractivity contribution in [3.63, 3.8) is 0 Å². The summed E-state index contributed by atoms with van der Waals surface area (Å²) in [6, 6.07) is 12.3. The standard InChI is InChI=1S/C25H28N2O4S2/c1-30-18-11-12-21(31-2)20(15-18)27(23(28)16-19-9-5-13-32-19)24(22-10-6-14-33-22)25(29)26-17-7-3-4-8-17/h5-6,9-15,17,24H,3-4,7-8,16H2,1-2H3,(H,26,29)/t24-/m0/s1. The number of ether oxygens (including phenoxy) is 2. The number of carbonyl (C=O) groups is 2. The van der Waals surface area contributed by atoms with Crippen LogP contribution in [0.15, 0.2) is 53.2 Å². The zero-order chi connectivity index (χ0) is 23.2. The zero-order valence-electron chi connectivity index (χ0n) is 18.8. The number of hydrogen-bond acceptors (Lipinski definition) is 6. The summed E-state index contributed by atoms with van der Waals surface area (Å²) in [7, 11) is 3.14. The second kappa shape index (κ2) is 10.9. The van der Waals surface area contributed by atoms with E-state index in [0.717, 1.165) is 35.4 Å². The third-order valence-electron chi connectivity index (χ3n) is 5.84. The molecular weight excluding hydrogens is 456 g/mol. The van der Waals surface area contributed by atoms with E-state index in [9.17, 15) is 9.59 Å². The Morgan fingerprint density at radius 3 is 2.45 bits per heavy atom. The summed E-state index contributed by atoms with van der Waals surface area (Å²) in [6.07, 6.45) is 4.35. The van der Waals surface area contributed by atoms with E-state index in [-0.39, 0.29) is 24.3 Å². The van der Waals surface area contributed by atoms with Crippen LogP contribution in [-0.4, -0.2) is 32.1 Å². The van der Waals surface area contributed by atoms with Crippen molar-refractivity contribution in [2.45, 2.75) is 44.2 Å². The quantitative estimate of drug-likeness (QED) is 0.453. The van der Waals surface area contributed by atoms with Gasteiger partial charge in [0.15, 0.2) is 0 Å². The van der Waals surface area contributed by atoms with Crippen LogP contribution < -0.4 is 19.7 Å². The van der Waals surface area contributed by atoms with Gasteiger partial charge in [-0.05, 0) is 47.9 Å². The summed E-state index contributed by atoms with van der Waals surface area (Å²) < 4.78 is 11.1. The molecule has 2 aromatic heterocycles. The molecule has 4 rings (SSSR count). The van der Waals surface area contributed by atoms with Crippen molar-refractivity contribution in [3.8, 4) is 11.5 Å². The fourth-order valence-electron chi connectivity index (χ4n) is 4.22. The topological polar surface area (TPSA) is 67.9 Å². The summed E-state index contributed by atoms with van der Waals surface area (Å²) in [6.45, 7) is 0. The lowest BCUT2D eigenvalue weighted by molar-refractivity contribution is -0.126. The minimum Gasteiger partial charge on any atom is -0.497 e. The van der Waals surface area contributed by atoms with Crippen molar-refractivity contribution in [1.29, 1.82) is 0 Å². The SMILES string of the molecule is COc1ccc(OC)c(N(C(=O)Cc2cccs2)[C@H](C(=O)NC2CCCC2)c2cccs2)c1. The van der Waals surface area contributed by atoms with Crippen molar-refractivity contribution in [1.82, 2.24) is 5.32 Å². The number of carbonyl (C=O) groups excluding carboxylic acids is 2. The normalized spacial score (nSPS) is 14.6. The first kappa shape index (κ1) is 23.3. The van der Waals surface area contributed by atoms with E-state index >= 15 is 0 Å². The first-order chi connectivity index (χ1) is 16.1. The van der Waals surface area contributed by atoms with Gasteiger partial charge in [-0.3, -0.25) is 14.5 Å². The molecule has 1 aliphatic rings. The van der Waals surface area contributed by atoms with Gasteiger partial charge < -0.3 is 14.8 Å². The van der Waals surface area contributed by atoms with Crippen LogP contribution in [0.2, 0.25) is 0 Å². The van der Waals surface area contributed by atoms with Gasteiger partial charge in [0.1, 0.15) is 17.5 Å². The second-order valence-electron chi connectivity index (χ2n) is 7.97. The molecule has 2 heterocycles. The number of methoxy groups -OCH3 is 2. The summed E-state index contributed by atoms with van der Waals surface area (Å²) in [5, 5.41) is 7.08. The highest BCUT2D eigenvalue weighted by Gasteiger charge is 2.36. The summed E-state index contributed by atoms with van der Waals surface area (Å²) >= 11 is 2.99. The van der Waals surface area contributed by atoms with Crippen LogP contribution in [0.25, 0.3) is 0 Å². The summed E-state index contributed by atoms with van der Waals surface area (Å²) in [4.78, 5) is 30.8. The Bertz CT molecular complexity index is 1060. The van der Waals surface area contributed by atoms with Gasteiger partial charge in [0, 0.05) is 21.9 Å². The van der Waals surface area contributed by atoms with E-state index < -0.39 is 6.04 Å². The Kier molecular flexibility index (Phi) is 7.67. The molecule has 174 valence electrons. The number of thiophene rings is 2. The first-order valence-corrected chi connectivity index (χ1v) is 12.8. The van der Waals surface area contributed by atoms with Gasteiger partial charge in [0.05, 0.1) is 26.3 Å². The fraction of sp³-hybridized carbons (Fsp3) is 0.360. The molecule has 1 atom stereocenters. The van der Waals surface area contributed by atoms with Crippen LogP contribution in [0.1, 0.15) is 41.5 Å². The van der Waals surface area contributed by atoms with E-state index in [1.807, 2.05) is 35.0 Å². The van der Waals surface area contributed by atoms with E-state index in [1.54, 1.807) is 37.3 Å². The molecule has 1 aliphatic carbocycles. The molecule has 6 nitrogen and oxygen atoms in total. The van der Waals surface area contributed by atoms with E-state index in [4.69, 9.17) is 9.47 Å². The highest BCUT2D eigenvalue weighted by Crippen LogP contribution is 2.39. The molecule has 1 aromatic carbocycles. The average molecular weight is 485 g/mol. The van der Waals surface area contributed by atoms with Crippen molar-refractivity contribution >= 4 is 40.2 Å². The second-order valence-corrected chi connectivity index (χ2v) is 9.98. The fourth-order valence-corrected chi connectivity index (χ4v) is 5.73. The maximum Gasteiger partial charge on any atom is 0.248 e. The van der Waals surface area contributed by atoms with Crippen molar-refractivity contribution in [2.75, 3.05) is 19.1 Å². The maximum atomic E-state index is 13.8. The van der Waals surface area contributed by atoms with Gasteiger partial charge in [0.25, 0.3) is 0 Å². The monoisotopic (exact) mass is 484 g/mol. The smallest absolute Gasteiger partial charge is 0.248 e. The minimum atomic E-state index is -0.806. The average Bonchev–Trinajstić information content (AvgIpc) is 3.61. The molecule has 3 aromatic rings. The lowest BCUT2D eigenvalue weighted by Crippen LogP contribution is -2.46. The van der Waals surface area contributed by atoms with Crippen LogP contribution in [0.4, 0.5) is 5.69 Å². The molecule has 8 heteroatoms. The highest BCUT2D eigenvalue weighted by atomic mass is 32.1. The molecular formula is C25H28N2O4S2. The lowest BCUT2D eigenvalue weighted by Gasteiger charge is -2.32. The van der Waals surface area contributed by atoms with Gasteiger partial charge in [-0.1, -0.05) is 25.0 Å². The number of nitrogens with one attached hydrogen (secondary N) is 1. The molecule has 1 fully saturated rings. The Morgan fingerprint density at radius 2 is 1.82 bits per heavy atom. The Hall–Kier alpha value is -2.84. The zero-order valence-corrected chi connectivity index (χ0v) is 20.4. The van der Waals surface area contributed by atoms with E-state index in [0.29, 0.717) is 17.2 Å². The van der Waals surface area contributed by atoms with Crippen LogP contribution in [0.3, 0.4) is 0 Å². The van der Waals surface area contributed by atoms with Crippen LogP contribution in [-0.2, 0) is 16.0 Å². The number of benzene rings is 1. The Labute approximate surface area is 202 Å². The minimum absolute atomic E-state index is 0.140. The molecule has 0 unspecified atom stereocenters. The molecule has 2 amide bonds. The van der Waals surface area contributed by atoms with Gasteiger partial charge >= 0.3 is 0 Å². The predicted octanol–water partition coefficient (Wildman–Crippen LogP) is 5.20. The Morgan fingerprint density at radius 1 is 1.06 bits per heavy atom. The molecule has 0 spiro atoms. The largest absolute Gasteiger partial charge is 0.497 e. The molecule has 1 N–H and O–H groups in total. The number of nitrogens with zero attached hydrogens (tertiary/aromatic N) is 1. The van der Waals surface area contributed by atoms with E-state index in [2.05, 4.69) is 5.32 Å². The van der Waals surface area contributed by atoms with Crippen molar-refractivity contribution in [3.05, 3.63) is 63.0 Å². The van der Waals surface area contributed by atoms with Gasteiger partial charge in [0.2, 0.25) is 11.8 Å². The third kappa shape index (κ3) is 5.39. The van der Waals surface area contributed by atoms with Crippen molar-refractivity contribution < 1.29 is 19.1 Å². The summed E-state index contributed by atoms with van der Waals surface area (Å²) in [5.74, 6) is 0.740. The van der Waals surface area contributed by atoms with Crippen LogP contribution in [0, 0.1) is 0 Å². The number of anilines is 1. The van der Waals surface area contributed by atoms with Gasteiger partial charge in [-0.25, -0.2) is 0 Å². The molecule has 0 saturated heterocycles. The predicted molar refractivity (Wildman–Crippen MR) is 133 cm³/mol. The van der Waals surface area contributed by atoms with Crippen LogP contribution in [0.5, 0.6) is 11.5 Å². The highest BCUT2D eigenvalue weighted by molar-refractivity contribution is 7.10. The van der Waals surface area contributed by atoms with Gasteiger partial charge in [-0.15, -0.1) is 22.7 Å². The van der Waals surface area contributed by atoms with Crippen LogP contribution >= 0.6 is 22.7 Å². The number of amides is 2. The van der Waals surface area contributed by atoms with Gasteiger partial charge in [-0.2, -0.15) is 0 Å². The molecule has 0 bridgehead atoms. The maximum absolute atomic E-state index is 13.8. The third-order valence-corrected chi connectivity index (χ3v) is 7.64. The number of rotatable bonds is 9. The molecule has 1 saturated carbocycles. The summed E-state index contributed by atoms with van der Waals surface area (Å²) in [5.41, 5.74) is 0.512. The first-order valence-electron chi connectivity index (χ1n) is 11.0. The Balaban J connectivity index is 1.79.